The van der Waals surface area contributed by atoms with Crippen LogP contribution in [0.2, 0.25) is 0 Å². The summed E-state index contributed by atoms with van der Waals surface area (Å²) < 4.78 is 0. The average molecular weight is 256 g/mol. The van der Waals surface area contributed by atoms with Crippen LogP contribution >= 0.6 is 0 Å². The van der Waals surface area contributed by atoms with Gasteiger partial charge in [0, 0.05) is 0 Å². The maximum absolute atomic E-state index is 9.73. The van der Waals surface area contributed by atoms with E-state index in [4.69, 9.17) is 0 Å². The molecule has 0 aliphatic heterocycles. The van der Waals surface area contributed by atoms with Crippen LogP contribution in [0, 0.1) is 11.8 Å². The second-order valence-corrected chi connectivity index (χ2v) is 6.17. The lowest BCUT2D eigenvalue weighted by Gasteiger charge is -2.10. The molecule has 0 saturated carbocycles. The second kappa shape index (κ2) is 10.6. The molecule has 2 atom stereocenters. The fourth-order valence-corrected chi connectivity index (χ4v) is 1.92. The summed E-state index contributed by atoms with van der Waals surface area (Å²) in [5.74, 6) is 1.39. The molecule has 0 unspecified atom stereocenters. The summed E-state index contributed by atoms with van der Waals surface area (Å²) in [6, 6.07) is 0. The van der Waals surface area contributed by atoms with Crippen molar-refractivity contribution in [3.63, 3.8) is 0 Å². The van der Waals surface area contributed by atoms with Gasteiger partial charge in [0.25, 0.3) is 0 Å². The zero-order valence-electron chi connectivity index (χ0n) is 12.6. The zero-order chi connectivity index (χ0) is 14.0. The van der Waals surface area contributed by atoms with E-state index >= 15 is 0 Å². The Balaban J connectivity index is 3.64. The minimum Gasteiger partial charge on any atom is -0.389 e. The van der Waals surface area contributed by atoms with Crippen LogP contribution in [0.25, 0.3) is 0 Å². The molecular formula is C16H32O2. The summed E-state index contributed by atoms with van der Waals surface area (Å²) in [6.07, 6.45) is 8.71. The van der Waals surface area contributed by atoms with E-state index in [1.807, 2.05) is 0 Å². The van der Waals surface area contributed by atoms with E-state index in [1.54, 1.807) is 12.2 Å². The van der Waals surface area contributed by atoms with Gasteiger partial charge in [0.05, 0.1) is 12.2 Å². The second-order valence-electron chi connectivity index (χ2n) is 6.17. The van der Waals surface area contributed by atoms with Crippen molar-refractivity contribution in [1.82, 2.24) is 0 Å². The molecule has 2 heteroatoms. The van der Waals surface area contributed by atoms with E-state index in [0.717, 1.165) is 38.5 Å². The van der Waals surface area contributed by atoms with E-state index in [0.29, 0.717) is 11.8 Å². The summed E-state index contributed by atoms with van der Waals surface area (Å²) in [5, 5.41) is 19.5. The van der Waals surface area contributed by atoms with Crippen molar-refractivity contribution in [2.24, 2.45) is 11.8 Å². The van der Waals surface area contributed by atoms with Gasteiger partial charge in [0.15, 0.2) is 0 Å². The third-order valence-electron chi connectivity index (χ3n) is 3.12. The standard InChI is InChI=1S/C16H32O2/c1-13(2)7-5-9-15(17)11-12-16(18)10-6-8-14(3)4/h11-18H,5-10H2,1-4H3/b12-11+/t15-,16-/m1/s1. The van der Waals surface area contributed by atoms with E-state index in [-0.39, 0.29) is 0 Å². The Morgan fingerprint density at radius 2 is 1.00 bits per heavy atom. The van der Waals surface area contributed by atoms with Crippen molar-refractivity contribution in [3.05, 3.63) is 12.2 Å². The molecule has 0 aromatic heterocycles. The highest BCUT2D eigenvalue weighted by atomic mass is 16.3. The normalized spacial score (nSPS) is 15.8. The molecule has 0 radical (unpaired) electrons. The molecule has 2 nitrogen and oxygen atoms in total. The number of hydrogen-bond acceptors (Lipinski definition) is 2. The average Bonchev–Trinajstić information content (AvgIpc) is 2.25. The van der Waals surface area contributed by atoms with Gasteiger partial charge in [-0.25, -0.2) is 0 Å². The van der Waals surface area contributed by atoms with Crippen LogP contribution in [-0.4, -0.2) is 22.4 Å². The van der Waals surface area contributed by atoms with Crippen molar-refractivity contribution in [2.75, 3.05) is 0 Å². The number of rotatable bonds is 10. The number of hydrogen-bond donors (Lipinski definition) is 2. The van der Waals surface area contributed by atoms with Gasteiger partial charge in [-0.1, -0.05) is 65.5 Å². The Hall–Kier alpha value is -0.340. The predicted molar refractivity (Wildman–Crippen MR) is 78.5 cm³/mol. The minimum atomic E-state index is -0.400. The molecule has 0 bridgehead atoms. The monoisotopic (exact) mass is 256 g/mol. The minimum absolute atomic E-state index is 0.400. The van der Waals surface area contributed by atoms with E-state index in [9.17, 15) is 10.2 Å². The molecule has 108 valence electrons. The van der Waals surface area contributed by atoms with Gasteiger partial charge >= 0.3 is 0 Å². The highest BCUT2D eigenvalue weighted by Gasteiger charge is 2.04. The van der Waals surface area contributed by atoms with Gasteiger partial charge in [0.1, 0.15) is 0 Å². The van der Waals surface area contributed by atoms with Crippen LogP contribution in [-0.2, 0) is 0 Å². The van der Waals surface area contributed by atoms with Crippen molar-refractivity contribution < 1.29 is 10.2 Å². The largest absolute Gasteiger partial charge is 0.389 e. The van der Waals surface area contributed by atoms with Crippen LogP contribution in [0.3, 0.4) is 0 Å². The summed E-state index contributed by atoms with van der Waals surface area (Å²) in [4.78, 5) is 0. The van der Waals surface area contributed by atoms with Crippen LogP contribution in [0.4, 0.5) is 0 Å². The third-order valence-corrected chi connectivity index (χ3v) is 3.12. The first-order valence-electron chi connectivity index (χ1n) is 7.46. The Bertz CT molecular complexity index is 187. The maximum atomic E-state index is 9.73. The van der Waals surface area contributed by atoms with Gasteiger partial charge in [-0.2, -0.15) is 0 Å². The maximum Gasteiger partial charge on any atom is 0.0721 e. The van der Waals surface area contributed by atoms with Crippen molar-refractivity contribution in [3.8, 4) is 0 Å². The molecule has 0 aliphatic carbocycles. The molecule has 0 amide bonds. The van der Waals surface area contributed by atoms with Crippen molar-refractivity contribution >= 4 is 0 Å². The lowest BCUT2D eigenvalue weighted by molar-refractivity contribution is 0.190. The zero-order valence-corrected chi connectivity index (χ0v) is 12.6. The highest BCUT2D eigenvalue weighted by Crippen LogP contribution is 2.11. The Kier molecular flexibility index (Phi) is 10.4. The summed E-state index contributed by atoms with van der Waals surface area (Å²) >= 11 is 0. The Morgan fingerprint density at radius 1 is 0.667 bits per heavy atom. The molecule has 0 fully saturated rings. The first kappa shape index (κ1) is 17.7. The molecule has 0 rings (SSSR count). The first-order chi connectivity index (χ1) is 8.41. The van der Waals surface area contributed by atoms with E-state index < -0.39 is 12.2 Å². The molecule has 0 aliphatic rings. The SMILES string of the molecule is CC(C)CCC[C@@H](O)/C=C/[C@H](O)CCCC(C)C. The summed E-state index contributed by atoms with van der Waals surface area (Å²) in [6.45, 7) is 8.78. The Labute approximate surface area is 113 Å². The number of aliphatic hydroxyl groups is 2. The van der Waals surface area contributed by atoms with Gasteiger partial charge in [0.2, 0.25) is 0 Å². The molecule has 0 spiro atoms. The predicted octanol–water partition coefficient (Wildman–Crippen LogP) is 3.92. The highest BCUT2D eigenvalue weighted by molar-refractivity contribution is 4.93. The fraction of sp³-hybridized carbons (Fsp3) is 0.875. The first-order valence-corrected chi connectivity index (χ1v) is 7.46. The fourth-order valence-electron chi connectivity index (χ4n) is 1.92. The quantitative estimate of drug-likeness (QED) is 0.582. The van der Waals surface area contributed by atoms with Crippen LogP contribution in [0.5, 0.6) is 0 Å². The molecule has 0 saturated heterocycles. The molecule has 2 N–H and O–H groups in total. The van der Waals surface area contributed by atoms with Crippen LogP contribution < -0.4 is 0 Å². The van der Waals surface area contributed by atoms with Crippen molar-refractivity contribution in [1.29, 1.82) is 0 Å². The number of aliphatic hydroxyl groups excluding tert-OH is 2. The van der Waals surface area contributed by atoms with E-state index in [1.165, 1.54) is 0 Å². The van der Waals surface area contributed by atoms with Crippen LogP contribution in [0.15, 0.2) is 12.2 Å². The van der Waals surface area contributed by atoms with Gasteiger partial charge in [-0.3, -0.25) is 0 Å². The van der Waals surface area contributed by atoms with Gasteiger partial charge < -0.3 is 10.2 Å². The lowest BCUT2D eigenvalue weighted by atomic mass is 10.0. The molecular weight excluding hydrogens is 224 g/mol. The summed E-state index contributed by atoms with van der Waals surface area (Å²) in [5.41, 5.74) is 0. The lowest BCUT2D eigenvalue weighted by Crippen LogP contribution is -2.07. The Morgan fingerprint density at radius 3 is 1.28 bits per heavy atom. The van der Waals surface area contributed by atoms with Crippen molar-refractivity contribution in [2.45, 2.75) is 78.4 Å². The van der Waals surface area contributed by atoms with Crippen LogP contribution in [0.1, 0.15) is 66.2 Å². The summed E-state index contributed by atoms with van der Waals surface area (Å²) in [7, 11) is 0. The molecule has 0 aromatic rings. The molecule has 18 heavy (non-hydrogen) atoms. The topological polar surface area (TPSA) is 40.5 Å². The van der Waals surface area contributed by atoms with Gasteiger partial charge in [-0.15, -0.1) is 0 Å². The molecule has 0 heterocycles. The molecule has 0 aromatic carbocycles. The van der Waals surface area contributed by atoms with E-state index in [2.05, 4.69) is 27.7 Å². The third kappa shape index (κ3) is 12.1. The van der Waals surface area contributed by atoms with Gasteiger partial charge in [-0.05, 0) is 24.7 Å². The smallest absolute Gasteiger partial charge is 0.0721 e.